The van der Waals surface area contributed by atoms with Crippen molar-refractivity contribution >= 4 is 52.1 Å². The second-order valence-corrected chi connectivity index (χ2v) is 20.7. The molecule has 5 aromatic rings. The first kappa shape index (κ1) is 51.2. The Bertz CT molecular complexity index is 3020. The number of piperidine rings is 2. The number of carbonyl (C=O) groups excluding carboxylic acids is 4. The van der Waals surface area contributed by atoms with Crippen molar-refractivity contribution in [1.82, 2.24) is 30.2 Å². The zero-order valence-corrected chi connectivity index (χ0v) is 42.0. The van der Waals surface area contributed by atoms with E-state index in [1.54, 1.807) is 7.05 Å². The molecule has 3 atom stereocenters. The molecule has 0 spiro atoms. The predicted octanol–water partition coefficient (Wildman–Crippen LogP) is 7.78. The van der Waals surface area contributed by atoms with Gasteiger partial charge in [-0.15, -0.1) is 0 Å². The fourth-order valence-corrected chi connectivity index (χ4v) is 12.5. The van der Waals surface area contributed by atoms with Crippen LogP contribution >= 0.6 is 11.6 Å². The van der Waals surface area contributed by atoms with Crippen LogP contribution in [0.4, 0.5) is 28.2 Å². The molecular weight excluding hydrogens is 984 g/mol. The van der Waals surface area contributed by atoms with Crippen molar-refractivity contribution in [3.63, 3.8) is 0 Å². The third-order valence-corrected chi connectivity index (χ3v) is 16.5. The first-order valence-corrected chi connectivity index (χ1v) is 25.8. The van der Waals surface area contributed by atoms with E-state index in [0.717, 1.165) is 18.4 Å². The number of fused-ring (bicyclic) bond motifs is 2. The number of nitrogens with zero attached hydrogens (tertiary/aromatic N) is 5. The molecule has 1 aliphatic carbocycles. The molecule has 1 aromatic heterocycles. The van der Waals surface area contributed by atoms with Gasteiger partial charge in [0.15, 0.2) is 28.8 Å². The number of aromatic nitrogens is 2. The molecule has 15 nitrogen and oxygen atoms in total. The number of aryl methyl sites for hydroxylation is 1. The second-order valence-electron chi connectivity index (χ2n) is 20.3. The van der Waals surface area contributed by atoms with Crippen LogP contribution < -0.4 is 30.7 Å². The first-order chi connectivity index (χ1) is 35.6. The van der Waals surface area contributed by atoms with Crippen LogP contribution in [-0.2, 0) is 22.2 Å². The zero-order valence-electron chi connectivity index (χ0n) is 41.2. The number of anilines is 1. The summed E-state index contributed by atoms with van der Waals surface area (Å²) >= 11 is 6.72. The fraction of sp³-hybridized carbons (Fsp3) is 0.463. The van der Waals surface area contributed by atoms with Gasteiger partial charge in [-0.3, -0.25) is 34.2 Å². The maximum atomic E-state index is 16.5. The quantitative estimate of drug-likeness (QED) is 0.0850. The van der Waals surface area contributed by atoms with Gasteiger partial charge in [0.2, 0.25) is 17.7 Å². The van der Waals surface area contributed by atoms with Gasteiger partial charge in [-0.25, -0.2) is 22.4 Å². The van der Waals surface area contributed by atoms with Crippen molar-refractivity contribution in [3.8, 4) is 22.6 Å². The summed E-state index contributed by atoms with van der Waals surface area (Å²) in [4.78, 5) is 56.9. The third-order valence-electron chi connectivity index (χ3n) is 16.1. The number of hydrogen-bond donors (Lipinski definition) is 4. The van der Waals surface area contributed by atoms with Crippen molar-refractivity contribution in [2.45, 2.75) is 94.2 Å². The number of aliphatic hydroxyl groups excluding tert-OH is 1. The lowest BCUT2D eigenvalue weighted by Gasteiger charge is -2.43. The summed E-state index contributed by atoms with van der Waals surface area (Å²) in [5, 5.41) is 19.4. The molecule has 1 unspecified atom stereocenters. The zero-order chi connectivity index (χ0) is 52.2. The number of hydrogen-bond acceptors (Lipinski definition) is 10. The van der Waals surface area contributed by atoms with Crippen LogP contribution in [-0.4, -0.2) is 113 Å². The Morgan fingerprint density at radius 2 is 1.68 bits per heavy atom. The predicted molar refractivity (Wildman–Crippen MR) is 268 cm³/mol. The third kappa shape index (κ3) is 9.23. The summed E-state index contributed by atoms with van der Waals surface area (Å²) in [6.45, 7) is 4.03. The Morgan fingerprint density at radius 3 is 2.38 bits per heavy atom. The highest BCUT2D eigenvalue weighted by Gasteiger charge is 2.50. The van der Waals surface area contributed by atoms with E-state index in [1.807, 2.05) is 42.2 Å². The highest BCUT2D eigenvalue weighted by atomic mass is 35.5. The van der Waals surface area contributed by atoms with E-state index < -0.39 is 64.3 Å². The molecule has 4 aliphatic heterocycles. The minimum atomic E-state index is -1.15. The summed E-state index contributed by atoms with van der Waals surface area (Å²) in [6.07, 6.45) is 5.60. The normalized spacial score (nSPS) is 23.7. The minimum Gasteiger partial charge on any atom is -0.488 e. The van der Waals surface area contributed by atoms with E-state index in [9.17, 15) is 24.3 Å². The fourth-order valence-electron chi connectivity index (χ4n) is 12.3. The maximum absolute atomic E-state index is 16.5. The van der Waals surface area contributed by atoms with Gasteiger partial charge >= 0.3 is 6.03 Å². The van der Waals surface area contributed by atoms with Gasteiger partial charge in [-0.05, 0) is 94.1 Å². The smallest absolute Gasteiger partial charge is 0.329 e. The van der Waals surface area contributed by atoms with Gasteiger partial charge in [-0.1, -0.05) is 48.9 Å². The van der Waals surface area contributed by atoms with Gasteiger partial charge in [0.25, 0.3) is 0 Å². The highest BCUT2D eigenvalue weighted by Crippen LogP contribution is 2.57. The molecule has 5 aliphatic rings. The van der Waals surface area contributed by atoms with Gasteiger partial charge in [-0.2, -0.15) is 5.10 Å². The Balaban J connectivity index is 0.785. The Kier molecular flexibility index (Phi) is 14.4. The number of rotatable bonds is 13. The topological polar surface area (TPSA) is 185 Å². The molecule has 10 rings (SSSR count). The Morgan fingerprint density at radius 1 is 0.932 bits per heavy atom. The van der Waals surface area contributed by atoms with E-state index in [2.05, 4.69) is 20.6 Å². The molecule has 4 aromatic carbocycles. The average Bonchev–Trinajstić information content (AvgIpc) is 3.89. The molecule has 20 heteroatoms. The molecule has 392 valence electrons. The number of benzene rings is 4. The molecule has 5 heterocycles. The summed E-state index contributed by atoms with van der Waals surface area (Å²) in [5.41, 5.74) is 5.23. The van der Waals surface area contributed by atoms with E-state index in [-0.39, 0.29) is 106 Å². The molecule has 74 heavy (non-hydrogen) atoms. The highest BCUT2D eigenvalue weighted by molar-refractivity contribution is 6.34. The van der Waals surface area contributed by atoms with Crippen LogP contribution in [0.1, 0.15) is 104 Å². The van der Waals surface area contributed by atoms with Crippen molar-refractivity contribution in [2.24, 2.45) is 18.7 Å². The van der Waals surface area contributed by atoms with E-state index >= 15 is 17.6 Å². The Labute approximate surface area is 430 Å². The number of aliphatic hydroxyl groups is 1. The van der Waals surface area contributed by atoms with Crippen molar-refractivity contribution < 1.29 is 51.3 Å². The molecule has 3 saturated heterocycles. The largest absolute Gasteiger partial charge is 0.488 e. The van der Waals surface area contributed by atoms with E-state index in [1.165, 1.54) is 33.8 Å². The SMILES string of the molecule is C[C@H]1c2c(cc(F)c(Cl)c2-c2c(C(N)=O)ccc(OCCO)c2F)O[C@]1(CNC1CCC(C(=O)N2CCCC(N3CCC(c4c(F)cc5c(N6CCC(=O)NC6=O)nn(C)c5c4F)CC3)C2)CC1)c1ccccc1. The van der Waals surface area contributed by atoms with Crippen LogP contribution in [0.2, 0.25) is 5.02 Å². The number of nitrogens with two attached hydrogens (primary N) is 1. The van der Waals surface area contributed by atoms with Crippen molar-refractivity contribution in [1.29, 1.82) is 0 Å². The lowest BCUT2D eigenvalue weighted by molar-refractivity contribution is -0.139. The second kappa shape index (κ2) is 20.8. The summed E-state index contributed by atoms with van der Waals surface area (Å²) in [6, 6.07) is 13.8. The number of ether oxygens (including phenoxy) is 2. The summed E-state index contributed by atoms with van der Waals surface area (Å²) in [5.74, 6) is -5.71. The number of halogens is 5. The monoisotopic (exact) mass is 1040 g/mol. The molecular formula is C54H59ClF4N8O7. The Hall–Kier alpha value is -6.28. The average molecular weight is 1040 g/mol. The van der Waals surface area contributed by atoms with Crippen LogP contribution in [0.3, 0.4) is 0 Å². The maximum Gasteiger partial charge on any atom is 0.329 e. The lowest BCUT2D eigenvalue weighted by Crippen LogP contribution is -2.53. The van der Waals surface area contributed by atoms with Gasteiger partial charge in [0.1, 0.15) is 29.5 Å². The molecule has 4 fully saturated rings. The molecule has 0 bridgehead atoms. The molecule has 1 saturated carbocycles. The summed E-state index contributed by atoms with van der Waals surface area (Å²) < 4.78 is 78.3. The van der Waals surface area contributed by atoms with E-state index in [4.69, 9.17) is 26.8 Å². The van der Waals surface area contributed by atoms with Crippen LogP contribution in [0.15, 0.2) is 54.6 Å². The van der Waals surface area contributed by atoms with Crippen LogP contribution in [0, 0.1) is 29.2 Å². The van der Waals surface area contributed by atoms with Crippen LogP contribution in [0.5, 0.6) is 11.5 Å². The number of amides is 5. The van der Waals surface area contributed by atoms with Crippen molar-refractivity contribution in [3.05, 3.63) is 105 Å². The van der Waals surface area contributed by atoms with Crippen molar-refractivity contribution in [2.75, 3.05) is 57.4 Å². The number of nitrogens with one attached hydrogen (secondary N) is 2. The lowest BCUT2D eigenvalue weighted by atomic mass is 9.77. The molecule has 5 N–H and O–H groups in total. The standard InChI is InChI=1S/C54H59ClF4N8O7/c1-29-42-40(26-38(57)46(55)45(42)44-35(50(60)70)14-15-39(47(44)58)73-24-23-68)74-54(29,32-7-4-3-5-8-32)28-61-33-12-10-31(11-13-33)52(71)66-19-6-9-34(27-66)65-20-16-30(17-21-65)43-37(56)25-36-49(48(43)59)64(2)63-51(36)67-22-18-41(69)62-53(67)72/h3-5,7-8,14-15,25-26,29-31,33-34,61,68H,6,9-13,16-24,27-28H2,1-2H3,(H2,60,70)(H,62,69,72)/t29-,31?,33?,34?,54-/m0/s1. The number of imide groups is 1. The van der Waals surface area contributed by atoms with Crippen LogP contribution in [0.25, 0.3) is 22.0 Å². The number of carbonyl (C=O) groups is 4. The first-order valence-electron chi connectivity index (χ1n) is 25.4. The summed E-state index contributed by atoms with van der Waals surface area (Å²) in [7, 11) is 1.55. The molecule has 5 amide bonds. The number of primary amides is 1. The minimum absolute atomic E-state index is 0.00652. The number of urea groups is 1. The van der Waals surface area contributed by atoms with Gasteiger partial charge in [0.05, 0.1) is 22.6 Å². The van der Waals surface area contributed by atoms with Gasteiger partial charge in [0, 0.05) is 91.9 Å². The number of likely N-dealkylation sites (tertiary alicyclic amines) is 2. The molecule has 0 radical (unpaired) electrons. The van der Waals surface area contributed by atoms with E-state index in [0.29, 0.717) is 70.3 Å². The van der Waals surface area contributed by atoms with Gasteiger partial charge < -0.3 is 30.5 Å².